The normalized spacial score (nSPS) is 16.8. The highest BCUT2D eigenvalue weighted by molar-refractivity contribution is 6.00. The first kappa shape index (κ1) is 17.3. The van der Waals surface area contributed by atoms with E-state index in [1.165, 1.54) is 4.90 Å². The molecule has 1 aliphatic rings. The van der Waals surface area contributed by atoms with Crippen LogP contribution in [-0.2, 0) is 14.3 Å². The Morgan fingerprint density at radius 1 is 1.29 bits per heavy atom. The van der Waals surface area contributed by atoms with E-state index < -0.39 is 18.1 Å². The van der Waals surface area contributed by atoms with Crippen molar-refractivity contribution in [1.82, 2.24) is 5.32 Å². The van der Waals surface area contributed by atoms with Crippen LogP contribution in [0.25, 0.3) is 0 Å². The Hall–Kier alpha value is -3.10. The number of nitrogens with two attached hydrogens (primary N) is 2. The van der Waals surface area contributed by atoms with Gasteiger partial charge in [-0.05, 0) is 24.3 Å². The van der Waals surface area contributed by atoms with Gasteiger partial charge >= 0.3 is 12.0 Å². The van der Waals surface area contributed by atoms with E-state index in [-0.39, 0.29) is 24.7 Å². The van der Waals surface area contributed by atoms with Gasteiger partial charge in [0.1, 0.15) is 5.84 Å². The number of esters is 1. The van der Waals surface area contributed by atoms with Crippen LogP contribution < -0.4 is 21.7 Å². The summed E-state index contributed by atoms with van der Waals surface area (Å²) >= 11 is 0. The summed E-state index contributed by atoms with van der Waals surface area (Å²) in [6, 6.07) is 5.96. The second-order valence-electron chi connectivity index (χ2n) is 5.26. The van der Waals surface area contributed by atoms with Crippen molar-refractivity contribution in [2.24, 2.45) is 11.5 Å². The fraction of sp³-hybridized carbons (Fsp3) is 0.333. The lowest BCUT2D eigenvalue weighted by atomic mass is 10.2. The highest BCUT2D eigenvalue weighted by Crippen LogP contribution is 2.23. The molecule has 0 aliphatic carbocycles. The number of amidine groups is 1. The summed E-state index contributed by atoms with van der Waals surface area (Å²) in [5, 5.41) is 9.63. The highest BCUT2D eigenvalue weighted by Gasteiger charge is 2.35. The van der Waals surface area contributed by atoms with Gasteiger partial charge < -0.3 is 26.4 Å². The van der Waals surface area contributed by atoms with Gasteiger partial charge in [-0.1, -0.05) is 0 Å². The van der Waals surface area contributed by atoms with Gasteiger partial charge in [-0.3, -0.25) is 15.0 Å². The van der Waals surface area contributed by atoms with Gasteiger partial charge in [0.25, 0.3) is 5.91 Å². The van der Waals surface area contributed by atoms with Crippen LogP contribution in [0.4, 0.5) is 10.5 Å². The predicted molar refractivity (Wildman–Crippen MR) is 86.5 cm³/mol. The summed E-state index contributed by atoms with van der Waals surface area (Å²) < 4.78 is 5.14. The molecule has 0 radical (unpaired) electrons. The zero-order valence-electron chi connectivity index (χ0n) is 13.0. The van der Waals surface area contributed by atoms with Crippen molar-refractivity contribution in [2.75, 3.05) is 18.0 Å². The molecule has 1 saturated heterocycles. The molecular weight excluding hydrogens is 314 g/mol. The first-order valence-electron chi connectivity index (χ1n) is 7.37. The fourth-order valence-corrected chi connectivity index (χ4v) is 2.35. The lowest BCUT2D eigenvalue weighted by Gasteiger charge is -2.17. The molecule has 1 aliphatic heterocycles. The van der Waals surface area contributed by atoms with Crippen LogP contribution in [-0.4, -0.2) is 42.9 Å². The number of urea groups is 1. The molecule has 1 atom stereocenters. The molecule has 9 nitrogen and oxygen atoms in total. The first-order chi connectivity index (χ1) is 11.4. The van der Waals surface area contributed by atoms with Crippen molar-refractivity contribution >= 4 is 29.4 Å². The Morgan fingerprint density at radius 2 is 1.96 bits per heavy atom. The van der Waals surface area contributed by atoms with Crippen molar-refractivity contribution in [3.05, 3.63) is 29.8 Å². The van der Waals surface area contributed by atoms with Crippen molar-refractivity contribution in [3.63, 3.8) is 0 Å². The third kappa shape index (κ3) is 4.22. The van der Waals surface area contributed by atoms with Gasteiger partial charge in [-0.2, -0.15) is 0 Å². The molecule has 0 saturated carbocycles. The van der Waals surface area contributed by atoms with Crippen molar-refractivity contribution in [2.45, 2.75) is 18.9 Å². The number of rotatable bonds is 6. The summed E-state index contributed by atoms with van der Waals surface area (Å²) in [6.45, 7) is 0.487. The molecule has 1 fully saturated rings. The number of nitrogens with one attached hydrogen (secondary N) is 2. The molecule has 1 unspecified atom stereocenters. The standard InChI is InChI=1S/C15H19N5O4/c16-13(17)9-1-3-10(4-2-9)20-8-6-11(14(20)22)24-12(21)5-7-19-15(18)23/h1-4,11H,5-8H2,(H3,16,17)(H3,18,19,23). The van der Waals surface area contributed by atoms with E-state index in [1.54, 1.807) is 24.3 Å². The monoisotopic (exact) mass is 333 g/mol. The van der Waals surface area contributed by atoms with Crippen molar-refractivity contribution in [3.8, 4) is 0 Å². The van der Waals surface area contributed by atoms with E-state index >= 15 is 0 Å². The molecule has 24 heavy (non-hydrogen) atoms. The summed E-state index contributed by atoms with van der Waals surface area (Å²) in [5.74, 6) is -0.927. The first-order valence-corrected chi connectivity index (χ1v) is 7.37. The van der Waals surface area contributed by atoms with E-state index in [1.807, 2.05) is 0 Å². The quantitative estimate of drug-likeness (QED) is 0.319. The van der Waals surface area contributed by atoms with Crippen LogP contribution in [0.1, 0.15) is 18.4 Å². The number of anilines is 1. The van der Waals surface area contributed by atoms with Crippen molar-refractivity contribution in [1.29, 1.82) is 5.41 Å². The molecular formula is C15H19N5O4. The Bertz CT molecular complexity index is 658. The molecule has 6 N–H and O–H groups in total. The number of amides is 3. The van der Waals surface area contributed by atoms with Crippen LogP contribution in [0, 0.1) is 5.41 Å². The number of carbonyl (C=O) groups excluding carboxylic acids is 3. The number of primary amides is 1. The summed E-state index contributed by atoms with van der Waals surface area (Å²) in [7, 11) is 0. The van der Waals surface area contributed by atoms with Crippen LogP contribution in [0.5, 0.6) is 0 Å². The van der Waals surface area contributed by atoms with E-state index in [0.29, 0.717) is 24.2 Å². The van der Waals surface area contributed by atoms with Crippen LogP contribution in [0.3, 0.4) is 0 Å². The molecule has 0 spiro atoms. The zero-order chi connectivity index (χ0) is 17.7. The van der Waals surface area contributed by atoms with Gasteiger partial charge in [-0.15, -0.1) is 0 Å². The Balaban J connectivity index is 1.91. The van der Waals surface area contributed by atoms with Gasteiger partial charge in [0.05, 0.1) is 6.42 Å². The lowest BCUT2D eigenvalue weighted by molar-refractivity contribution is -0.153. The predicted octanol–water partition coefficient (Wildman–Crippen LogP) is -0.322. The number of nitrogen functional groups attached to an aromatic ring is 1. The number of hydrogen-bond acceptors (Lipinski definition) is 5. The van der Waals surface area contributed by atoms with Gasteiger partial charge in [0.2, 0.25) is 0 Å². The van der Waals surface area contributed by atoms with E-state index in [4.69, 9.17) is 21.6 Å². The number of hydrogen-bond donors (Lipinski definition) is 4. The van der Waals surface area contributed by atoms with E-state index in [9.17, 15) is 14.4 Å². The third-order valence-electron chi connectivity index (χ3n) is 3.55. The summed E-state index contributed by atoms with van der Waals surface area (Å²) in [6.07, 6.45) is -0.499. The molecule has 1 aromatic rings. The smallest absolute Gasteiger partial charge is 0.312 e. The summed E-state index contributed by atoms with van der Waals surface area (Å²) in [5.41, 5.74) is 11.5. The maximum atomic E-state index is 12.3. The van der Waals surface area contributed by atoms with E-state index in [0.717, 1.165) is 0 Å². The number of carbonyl (C=O) groups is 3. The zero-order valence-corrected chi connectivity index (χ0v) is 13.0. The minimum Gasteiger partial charge on any atom is -0.452 e. The topological polar surface area (TPSA) is 152 Å². The maximum Gasteiger partial charge on any atom is 0.312 e. The number of nitrogens with zero attached hydrogens (tertiary/aromatic N) is 1. The van der Waals surface area contributed by atoms with Crippen molar-refractivity contribution < 1.29 is 19.1 Å². The van der Waals surface area contributed by atoms with E-state index in [2.05, 4.69) is 5.32 Å². The minimum absolute atomic E-state index is 0.0503. The molecule has 9 heteroatoms. The van der Waals surface area contributed by atoms with Crippen LogP contribution >= 0.6 is 0 Å². The molecule has 2 rings (SSSR count). The third-order valence-corrected chi connectivity index (χ3v) is 3.55. The summed E-state index contributed by atoms with van der Waals surface area (Å²) in [4.78, 5) is 36.0. The minimum atomic E-state index is -0.835. The average molecular weight is 333 g/mol. The molecule has 0 bridgehead atoms. The Labute approximate surface area is 138 Å². The SMILES string of the molecule is N=C(N)c1ccc(N2CCC(OC(=O)CCNC(N)=O)C2=O)cc1. The second-order valence-corrected chi connectivity index (χ2v) is 5.26. The van der Waals surface area contributed by atoms with Gasteiger partial charge in [0.15, 0.2) is 6.10 Å². The molecule has 0 aromatic heterocycles. The van der Waals surface area contributed by atoms with Crippen LogP contribution in [0.2, 0.25) is 0 Å². The number of ether oxygens (including phenoxy) is 1. The van der Waals surface area contributed by atoms with Gasteiger partial charge in [0, 0.05) is 30.8 Å². The van der Waals surface area contributed by atoms with Gasteiger partial charge in [-0.25, -0.2) is 4.79 Å². The van der Waals surface area contributed by atoms with Crippen LogP contribution in [0.15, 0.2) is 24.3 Å². The lowest BCUT2D eigenvalue weighted by Crippen LogP contribution is -2.34. The fourth-order valence-electron chi connectivity index (χ4n) is 2.35. The molecule has 3 amide bonds. The molecule has 1 heterocycles. The Morgan fingerprint density at radius 3 is 2.54 bits per heavy atom. The largest absolute Gasteiger partial charge is 0.452 e. The molecule has 1 aromatic carbocycles. The maximum absolute atomic E-state index is 12.3. The number of benzene rings is 1. The molecule has 128 valence electrons. The second kappa shape index (κ2) is 7.44. The average Bonchev–Trinajstić information content (AvgIpc) is 2.88. The Kier molecular flexibility index (Phi) is 5.35. The highest BCUT2D eigenvalue weighted by atomic mass is 16.5.